The molecule has 0 aliphatic carbocycles. The summed E-state index contributed by atoms with van der Waals surface area (Å²) in [6, 6.07) is 9.72. The Morgan fingerprint density at radius 1 is 1.32 bits per heavy atom. The smallest absolute Gasteiger partial charge is 0.239 e. The lowest BCUT2D eigenvalue weighted by Crippen LogP contribution is -2.41. The first kappa shape index (κ1) is 15.5. The molecule has 0 aromatic heterocycles. The summed E-state index contributed by atoms with van der Waals surface area (Å²) in [5.74, 6) is -0.00555. The molecule has 1 amide bonds. The van der Waals surface area contributed by atoms with E-state index in [0.29, 0.717) is 19.5 Å². The highest BCUT2D eigenvalue weighted by Crippen LogP contribution is 2.13. The molecule has 106 valence electrons. The van der Waals surface area contributed by atoms with E-state index in [4.69, 9.17) is 0 Å². The van der Waals surface area contributed by atoms with Gasteiger partial charge in [-0.3, -0.25) is 4.79 Å². The molecule has 19 heavy (non-hydrogen) atoms. The van der Waals surface area contributed by atoms with Gasteiger partial charge in [-0.15, -0.1) is 0 Å². The second kappa shape index (κ2) is 8.53. The van der Waals surface area contributed by atoms with E-state index in [-0.39, 0.29) is 12.5 Å². The van der Waals surface area contributed by atoms with Gasteiger partial charge in [0.05, 0.1) is 12.6 Å². The maximum Gasteiger partial charge on any atom is 0.239 e. The van der Waals surface area contributed by atoms with Crippen molar-refractivity contribution < 1.29 is 9.90 Å². The second-order valence-corrected chi connectivity index (χ2v) is 4.63. The lowest BCUT2D eigenvalue weighted by molar-refractivity contribution is -0.119. The van der Waals surface area contributed by atoms with E-state index >= 15 is 0 Å². The van der Waals surface area contributed by atoms with Crippen LogP contribution in [0.4, 0.5) is 5.69 Å². The Hall–Kier alpha value is -1.55. The van der Waals surface area contributed by atoms with Crippen LogP contribution in [0, 0.1) is 0 Å². The lowest BCUT2D eigenvalue weighted by atomic mass is 10.2. The molecular formula is C15H24N2O2. The van der Waals surface area contributed by atoms with E-state index in [1.165, 1.54) is 0 Å². The predicted molar refractivity (Wildman–Crippen MR) is 78.3 cm³/mol. The highest BCUT2D eigenvalue weighted by Gasteiger charge is 2.14. The Morgan fingerprint density at radius 3 is 2.58 bits per heavy atom. The molecule has 0 saturated heterocycles. The molecule has 0 radical (unpaired) electrons. The van der Waals surface area contributed by atoms with Crippen LogP contribution in [0.1, 0.15) is 26.7 Å². The van der Waals surface area contributed by atoms with Crippen molar-refractivity contribution in [2.45, 2.75) is 32.8 Å². The average molecular weight is 264 g/mol. The van der Waals surface area contributed by atoms with Crippen LogP contribution in [0.3, 0.4) is 0 Å². The van der Waals surface area contributed by atoms with Gasteiger partial charge < -0.3 is 15.3 Å². The molecule has 0 heterocycles. The van der Waals surface area contributed by atoms with Gasteiger partial charge in [-0.2, -0.15) is 0 Å². The summed E-state index contributed by atoms with van der Waals surface area (Å²) in [7, 11) is 0. The standard InChI is InChI=1S/C15H24N2O2/c1-3-10-16-15(19)12-17(11-14(18)4-2)13-8-6-5-7-9-13/h5-9,14,18H,3-4,10-12H2,1-2H3,(H,16,19). The minimum atomic E-state index is -0.417. The number of nitrogens with zero attached hydrogens (tertiary/aromatic N) is 1. The molecule has 2 N–H and O–H groups in total. The van der Waals surface area contributed by atoms with Crippen LogP contribution >= 0.6 is 0 Å². The van der Waals surface area contributed by atoms with Gasteiger partial charge >= 0.3 is 0 Å². The molecule has 0 aliphatic heterocycles. The van der Waals surface area contributed by atoms with Gasteiger partial charge in [0.15, 0.2) is 0 Å². The number of nitrogens with one attached hydrogen (secondary N) is 1. The summed E-state index contributed by atoms with van der Waals surface area (Å²) in [6.07, 6.45) is 1.19. The van der Waals surface area contributed by atoms with Gasteiger partial charge in [0.1, 0.15) is 0 Å². The number of carbonyl (C=O) groups excluding carboxylic acids is 1. The van der Waals surface area contributed by atoms with Crippen LogP contribution in [0.25, 0.3) is 0 Å². The number of benzene rings is 1. The molecule has 1 atom stereocenters. The number of para-hydroxylation sites is 1. The van der Waals surface area contributed by atoms with Gasteiger partial charge in [0.25, 0.3) is 0 Å². The molecule has 0 aliphatic rings. The number of rotatable bonds is 8. The van der Waals surface area contributed by atoms with Gasteiger partial charge in [0.2, 0.25) is 5.91 Å². The van der Waals surface area contributed by atoms with Gasteiger partial charge in [-0.1, -0.05) is 32.0 Å². The number of anilines is 1. The largest absolute Gasteiger partial charge is 0.391 e. The minimum absolute atomic E-state index is 0.00555. The summed E-state index contributed by atoms with van der Waals surface area (Å²) in [5, 5.41) is 12.7. The van der Waals surface area contributed by atoms with Crippen LogP contribution in [0.2, 0.25) is 0 Å². The maximum absolute atomic E-state index is 11.8. The summed E-state index contributed by atoms with van der Waals surface area (Å²) in [4.78, 5) is 13.7. The molecule has 1 aromatic rings. The number of hydrogen-bond donors (Lipinski definition) is 2. The van der Waals surface area contributed by atoms with Crippen molar-refractivity contribution >= 4 is 11.6 Å². The number of hydrogen-bond acceptors (Lipinski definition) is 3. The van der Waals surface area contributed by atoms with E-state index < -0.39 is 6.10 Å². The molecule has 4 nitrogen and oxygen atoms in total. The summed E-state index contributed by atoms with van der Waals surface area (Å²) >= 11 is 0. The van der Waals surface area contributed by atoms with Crippen molar-refractivity contribution in [1.82, 2.24) is 5.32 Å². The Labute approximate surface area is 115 Å². The Morgan fingerprint density at radius 2 is 2.00 bits per heavy atom. The molecule has 0 bridgehead atoms. The summed E-state index contributed by atoms with van der Waals surface area (Å²) in [6.45, 7) is 5.40. The molecule has 1 rings (SSSR count). The van der Waals surface area contributed by atoms with Crippen molar-refractivity contribution in [1.29, 1.82) is 0 Å². The Bertz CT molecular complexity index is 368. The van der Waals surface area contributed by atoms with E-state index in [2.05, 4.69) is 5.32 Å². The van der Waals surface area contributed by atoms with Crippen LogP contribution in [0.5, 0.6) is 0 Å². The fourth-order valence-electron chi connectivity index (χ4n) is 1.78. The topological polar surface area (TPSA) is 52.6 Å². The molecule has 1 unspecified atom stereocenters. The predicted octanol–water partition coefficient (Wildman–Crippen LogP) is 1.79. The number of amides is 1. The van der Waals surface area contributed by atoms with Gasteiger partial charge in [0, 0.05) is 18.8 Å². The van der Waals surface area contributed by atoms with E-state index in [0.717, 1.165) is 12.1 Å². The van der Waals surface area contributed by atoms with Crippen LogP contribution < -0.4 is 10.2 Å². The molecule has 0 saturated carbocycles. The zero-order chi connectivity index (χ0) is 14.1. The van der Waals surface area contributed by atoms with E-state index in [9.17, 15) is 9.90 Å². The van der Waals surface area contributed by atoms with Crippen molar-refractivity contribution in [3.63, 3.8) is 0 Å². The number of carbonyl (C=O) groups is 1. The second-order valence-electron chi connectivity index (χ2n) is 4.63. The van der Waals surface area contributed by atoms with Gasteiger partial charge in [-0.25, -0.2) is 0 Å². The van der Waals surface area contributed by atoms with E-state index in [1.54, 1.807) is 0 Å². The van der Waals surface area contributed by atoms with Gasteiger partial charge in [-0.05, 0) is 25.0 Å². The lowest BCUT2D eigenvalue weighted by Gasteiger charge is -2.26. The quantitative estimate of drug-likeness (QED) is 0.752. The Kier molecular flexibility index (Phi) is 6.97. The fourth-order valence-corrected chi connectivity index (χ4v) is 1.78. The molecule has 0 fully saturated rings. The summed E-state index contributed by atoms with van der Waals surface area (Å²) < 4.78 is 0. The normalized spacial score (nSPS) is 11.9. The number of aliphatic hydroxyl groups excluding tert-OH is 1. The van der Waals surface area contributed by atoms with Crippen LogP contribution in [-0.4, -0.2) is 36.8 Å². The fraction of sp³-hybridized carbons (Fsp3) is 0.533. The molecule has 4 heteroatoms. The third kappa shape index (κ3) is 5.75. The Balaban J connectivity index is 2.67. The first-order valence-electron chi connectivity index (χ1n) is 6.92. The maximum atomic E-state index is 11.8. The highest BCUT2D eigenvalue weighted by molar-refractivity contribution is 5.81. The van der Waals surface area contributed by atoms with Crippen molar-refractivity contribution in [3.8, 4) is 0 Å². The first-order chi connectivity index (χ1) is 9.17. The zero-order valence-corrected chi connectivity index (χ0v) is 11.8. The van der Waals surface area contributed by atoms with Crippen LogP contribution in [-0.2, 0) is 4.79 Å². The monoisotopic (exact) mass is 264 g/mol. The SMILES string of the molecule is CCCNC(=O)CN(CC(O)CC)c1ccccc1. The zero-order valence-electron chi connectivity index (χ0n) is 11.8. The highest BCUT2D eigenvalue weighted by atomic mass is 16.3. The third-order valence-electron chi connectivity index (χ3n) is 2.93. The molecule has 0 spiro atoms. The number of aliphatic hydroxyl groups is 1. The molecule has 1 aromatic carbocycles. The third-order valence-corrected chi connectivity index (χ3v) is 2.93. The average Bonchev–Trinajstić information content (AvgIpc) is 2.45. The van der Waals surface area contributed by atoms with Crippen LogP contribution in [0.15, 0.2) is 30.3 Å². The van der Waals surface area contributed by atoms with Crippen molar-refractivity contribution in [2.75, 3.05) is 24.5 Å². The van der Waals surface area contributed by atoms with Crippen molar-refractivity contribution in [2.24, 2.45) is 0 Å². The minimum Gasteiger partial charge on any atom is -0.391 e. The summed E-state index contributed by atoms with van der Waals surface area (Å²) in [5.41, 5.74) is 0.960. The van der Waals surface area contributed by atoms with E-state index in [1.807, 2.05) is 49.1 Å². The molecular weight excluding hydrogens is 240 g/mol. The van der Waals surface area contributed by atoms with Crippen molar-refractivity contribution in [3.05, 3.63) is 30.3 Å². The first-order valence-corrected chi connectivity index (χ1v) is 6.92.